The zero-order chi connectivity index (χ0) is 14.0. The number of nitrogens with one attached hydrogen (secondary N) is 1. The molecule has 0 radical (unpaired) electrons. The van der Waals surface area contributed by atoms with E-state index in [1.807, 2.05) is 0 Å². The number of anilines is 1. The van der Waals surface area contributed by atoms with E-state index in [0.717, 1.165) is 0 Å². The number of hydrazine groups is 1. The lowest BCUT2D eigenvalue weighted by atomic mass is 10.2. The summed E-state index contributed by atoms with van der Waals surface area (Å²) in [5.74, 6) is 5.59. The van der Waals surface area contributed by atoms with Crippen LogP contribution in [0.3, 0.4) is 0 Å². The predicted molar refractivity (Wildman–Crippen MR) is 71.2 cm³/mol. The average molecular weight is 284 g/mol. The summed E-state index contributed by atoms with van der Waals surface area (Å²) < 4.78 is 22.8. The van der Waals surface area contributed by atoms with Crippen molar-refractivity contribution in [3.63, 3.8) is 0 Å². The summed E-state index contributed by atoms with van der Waals surface area (Å²) >= 11 is 0. The van der Waals surface area contributed by atoms with Crippen molar-refractivity contribution < 1.29 is 13.2 Å². The van der Waals surface area contributed by atoms with Gasteiger partial charge in [-0.3, -0.25) is 4.79 Å². The Balaban J connectivity index is 2.10. The molecule has 3 N–H and O–H groups in total. The Bertz CT molecular complexity index is 570. The fraction of sp³-hybridized carbons (Fsp3) is 0.455. The molecule has 1 saturated heterocycles. The van der Waals surface area contributed by atoms with Crippen LogP contribution >= 0.6 is 0 Å². The number of aromatic nitrogens is 1. The van der Waals surface area contributed by atoms with Gasteiger partial charge in [-0.2, -0.15) is 0 Å². The molecule has 1 aromatic heterocycles. The molecule has 0 aliphatic carbocycles. The van der Waals surface area contributed by atoms with E-state index in [2.05, 4.69) is 10.4 Å². The Morgan fingerprint density at radius 3 is 2.74 bits per heavy atom. The van der Waals surface area contributed by atoms with Crippen LogP contribution in [0.15, 0.2) is 18.3 Å². The third-order valence-corrected chi connectivity index (χ3v) is 4.99. The molecular weight excluding hydrogens is 268 g/mol. The van der Waals surface area contributed by atoms with Crippen molar-refractivity contribution >= 4 is 21.6 Å². The van der Waals surface area contributed by atoms with E-state index in [0.29, 0.717) is 17.8 Å². The lowest BCUT2D eigenvalue weighted by Crippen LogP contribution is -2.37. The Hall–Kier alpha value is -1.67. The number of nitrogen functional groups attached to an aromatic ring is 1. The quantitative estimate of drug-likeness (QED) is 0.579. The average Bonchev–Trinajstić information content (AvgIpc) is 2.77. The van der Waals surface area contributed by atoms with Crippen molar-refractivity contribution in [2.75, 3.05) is 24.0 Å². The number of hydrogen-bond donors (Lipinski definition) is 2. The molecule has 0 aromatic carbocycles. The first-order valence-corrected chi connectivity index (χ1v) is 7.65. The summed E-state index contributed by atoms with van der Waals surface area (Å²) in [4.78, 5) is 17.6. The smallest absolute Gasteiger partial charge is 0.255 e. The van der Waals surface area contributed by atoms with Crippen molar-refractivity contribution in [2.24, 2.45) is 5.84 Å². The number of sulfone groups is 1. The summed E-state index contributed by atoms with van der Waals surface area (Å²) in [6.07, 6.45) is 1.90. The van der Waals surface area contributed by atoms with E-state index in [9.17, 15) is 13.2 Å². The van der Waals surface area contributed by atoms with E-state index < -0.39 is 9.84 Å². The molecule has 104 valence electrons. The Morgan fingerprint density at radius 1 is 1.53 bits per heavy atom. The van der Waals surface area contributed by atoms with E-state index in [-0.39, 0.29) is 23.5 Å². The standard InChI is InChI=1S/C11H16N4O3S/c1-15(9-4-5-19(17,18)7-9)11(16)8-2-3-10(14-12)13-6-8/h2-3,6,9H,4-5,7,12H2,1H3,(H,13,14). The summed E-state index contributed by atoms with van der Waals surface area (Å²) in [6, 6.07) is 2.93. The van der Waals surface area contributed by atoms with Crippen LogP contribution in [0.1, 0.15) is 16.8 Å². The van der Waals surface area contributed by atoms with Crippen LogP contribution in [-0.4, -0.2) is 48.8 Å². The molecule has 2 heterocycles. The van der Waals surface area contributed by atoms with E-state index in [1.54, 1.807) is 19.2 Å². The van der Waals surface area contributed by atoms with E-state index in [4.69, 9.17) is 5.84 Å². The normalized spacial score (nSPS) is 21.1. The number of carbonyl (C=O) groups excluding carboxylic acids is 1. The first kappa shape index (κ1) is 13.8. The highest BCUT2D eigenvalue weighted by Crippen LogP contribution is 2.18. The molecule has 1 fully saturated rings. The minimum Gasteiger partial charge on any atom is -0.338 e. The molecule has 1 unspecified atom stereocenters. The second-order valence-corrected chi connectivity index (χ2v) is 6.78. The summed E-state index contributed by atoms with van der Waals surface area (Å²) in [6.45, 7) is 0. The molecule has 7 nitrogen and oxygen atoms in total. The minimum atomic E-state index is -3.00. The minimum absolute atomic E-state index is 0.0328. The molecule has 1 atom stereocenters. The number of nitrogens with two attached hydrogens (primary N) is 1. The van der Waals surface area contributed by atoms with Gasteiger partial charge < -0.3 is 10.3 Å². The highest BCUT2D eigenvalue weighted by Gasteiger charge is 2.33. The Morgan fingerprint density at radius 2 is 2.26 bits per heavy atom. The van der Waals surface area contributed by atoms with Crippen LogP contribution < -0.4 is 11.3 Å². The number of hydrogen-bond acceptors (Lipinski definition) is 6. The van der Waals surface area contributed by atoms with Gasteiger partial charge in [0.15, 0.2) is 9.84 Å². The largest absolute Gasteiger partial charge is 0.338 e. The Labute approximate surface area is 111 Å². The fourth-order valence-corrected chi connectivity index (χ4v) is 3.83. The lowest BCUT2D eigenvalue weighted by Gasteiger charge is -2.23. The highest BCUT2D eigenvalue weighted by molar-refractivity contribution is 7.91. The molecule has 0 bridgehead atoms. The zero-order valence-corrected chi connectivity index (χ0v) is 11.4. The van der Waals surface area contributed by atoms with Crippen molar-refractivity contribution in [3.05, 3.63) is 23.9 Å². The van der Waals surface area contributed by atoms with Gasteiger partial charge in [0.25, 0.3) is 5.91 Å². The summed E-state index contributed by atoms with van der Waals surface area (Å²) in [5, 5.41) is 0. The van der Waals surface area contributed by atoms with Gasteiger partial charge in [0, 0.05) is 19.3 Å². The Kier molecular flexibility index (Phi) is 3.72. The van der Waals surface area contributed by atoms with E-state index in [1.165, 1.54) is 11.1 Å². The highest BCUT2D eigenvalue weighted by atomic mass is 32.2. The number of amides is 1. The van der Waals surface area contributed by atoms with Gasteiger partial charge in [-0.05, 0) is 18.6 Å². The van der Waals surface area contributed by atoms with Gasteiger partial charge in [0.2, 0.25) is 0 Å². The van der Waals surface area contributed by atoms with Crippen molar-refractivity contribution in [1.82, 2.24) is 9.88 Å². The van der Waals surface area contributed by atoms with Gasteiger partial charge in [0.05, 0.1) is 17.1 Å². The number of rotatable bonds is 3. The van der Waals surface area contributed by atoms with Gasteiger partial charge in [-0.1, -0.05) is 0 Å². The van der Waals surface area contributed by atoms with Gasteiger partial charge in [-0.15, -0.1) is 0 Å². The van der Waals surface area contributed by atoms with Gasteiger partial charge >= 0.3 is 0 Å². The molecule has 1 amide bonds. The molecule has 2 rings (SSSR count). The first-order chi connectivity index (χ1) is 8.93. The molecule has 19 heavy (non-hydrogen) atoms. The number of carbonyl (C=O) groups is 1. The molecule has 1 aliphatic heterocycles. The molecule has 1 aliphatic rings. The maximum Gasteiger partial charge on any atom is 0.255 e. The monoisotopic (exact) mass is 284 g/mol. The molecule has 8 heteroatoms. The van der Waals surface area contributed by atoms with Crippen molar-refractivity contribution in [2.45, 2.75) is 12.5 Å². The van der Waals surface area contributed by atoms with Crippen LogP contribution in [0, 0.1) is 0 Å². The third-order valence-electron chi connectivity index (χ3n) is 3.23. The molecule has 0 saturated carbocycles. The second kappa shape index (κ2) is 5.14. The van der Waals surface area contributed by atoms with Crippen LogP contribution in [0.4, 0.5) is 5.82 Å². The summed E-state index contributed by atoms with van der Waals surface area (Å²) in [5.41, 5.74) is 2.78. The SMILES string of the molecule is CN(C(=O)c1ccc(NN)nc1)C1CCS(=O)(=O)C1. The molecular formula is C11H16N4O3S. The fourth-order valence-electron chi connectivity index (χ4n) is 2.06. The maximum atomic E-state index is 12.2. The van der Waals surface area contributed by atoms with Crippen LogP contribution in [-0.2, 0) is 9.84 Å². The van der Waals surface area contributed by atoms with Crippen LogP contribution in [0.2, 0.25) is 0 Å². The number of nitrogens with zero attached hydrogens (tertiary/aromatic N) is 2. The summed E-state index contributed by atoms with van der Waals surface area (Å²) in [7, 11) is -1.39. The van der Waals surface area contributed by atoms with E-state index >= 15 is 0 Å². The predicted octanol–water partition coefficient (Wildman–Crippen LogP) is -0.374. The lowest BCUT2D eigenvalue weighted by molar-refractivity contribution is 0.0747. The second-order valence-electron chi connectivity index (χ2n) is 4.55. The van der Waals surface area contributed by atoms with Crippen molar-refractivity contribution in [3.8, 4) is 0 Å². The maximum absolute atomic E-state index is 12.2. The number of pyridine rings is 1. The van der Waals surface area contributed by atoms with Gasteiger partial charge in [0.1, 0.15) is 5.82 Å². The topological polar surface area (TPSA) is 105 Å². The zero-order valence-electron chi connectivity index (χ0n) is 10.5. The molecule has 1 aromatic rings. The first-order valence-electron chi connectivity index (χ1n) is 5.83. The van der Waals surface area contributed by atoms with Crippen LogP contribution in [0.5, 0.6) is 0 Å². The van der Waals surface area contributed by atoms with Crippen LogP contribution in [0.25, 0.3) is 0 Å². The third kappa shape index (κ3) is 3.02. The van der Waals surface area contributed by atoms with Crippen molar-refractivity contribution in [1.29, 1.82) is 0 Å². The molecule has 0 spiro atoms. The van der Waals surface area contributed by atoms with Gasteiger partial charge in [-0.25, -0.2) is 19.2 Å².